The Morgan fingerprint density at radius 2 is 1.92 bits per heavy atom. The van der Waals surface area contributed by atoms with Crippen molar-refractivity contribution in [3.8, 4) is 11.8 Å². The van der Waals surface area contributed by atoms with Crippen molar-refractivity contribution in [1.29, 1.82) is 5.26 Å². The number of nitriles is 1. The van der Waals surface area contributed by atoms with Crippen molar-refractivity contribution in [3.05, 3.63) is 80.9 Å². The number of hydrogen-bond acceptors (Lipinski definition) is 4. The zero-order valence-corrected chi connectivity index (χ0v) is 14.7. The first kappa shape index (κ1) is 15.0. The molecule has 116 valence electrons. The third-order valence-electron chi connectivity index (χ3n) is 4.16. The van der Waals surface area contributed by atoms with Gasteiger partial charge in [-0.15, -0.1) is 0 Å². The van der Waals surface area contributed by atoms with Gasteiger partial charge in [0, 0.05) is 20.7 Å². The highest BCUT2D eigenvalue weighted by atomic mass is 127. The largest absolute Gasteiger partial charge is 0.438 e. The number of pyridine rings is 1. The van der Waals surface area contributed by atoms with Crippen LogP contribution in [0.2, 0.25) is 0 Å². The van der Waals surface area contributed by atoms with Gasteiger partial charge in [-0.1, -0.05) is 30.3 Å². The molecule has 0 unspecified atom stereocenters. The van der Waals surface area contributed by atoms with Crippen molar-refractivity contribution in [1.82, 2.24) is 4.98 Å². The highest BCUT2D eigenvalue weighted by molar-refractivity contribution is 14.1. The van der Waals surface area contributed by atoms with Crippen LogP contribution >= 0.6 is 22.6 Å². The van der Waals surface area contributed by atoms with Crippen LogP contribution in [0.5, 0.6) is 5.75 Å². The number of halogens is 1. The average molecular weight is 425 g/mol. The van der Waals surface area contributed by atoms with Crippen molar-refractivity contribution < 1.29 is 4.74 Å². The van der Waals surface area contributed by atoms with E-state index >= 15 is 0 Å². The lowest BCUT2D eigenvalue weighted by molar-refractivity contribution is 0.397. The third kappa shape index (κ3) is 2.31. The van der Waals surface area contributed by atoms with Crippen LogP contribution in [-0.2, 0) is 0 Å². The van der Waals surface area contributed by atoms with Crippen molar-refractivity contribution in [2.75, 3.05) is 0 Å². The first-order chi connectivity index (χ1) is 11.7. The van der Waals surface area contributed by atoms with E-state index in [1.165, 1.54) is 0 Å². The number of hydrogen-bond donors (Lipinski definition) is 1. The molecule has 4 rings (SSSR count). The predicted octanol–water partition coefficient (Wildman–Crippen LogP) is 4.06. The molecule has 4 nitrogen and oxygen atoms in total. The van der Waals surface area contributed by atoms with Gasteiger partial charge in [0.2, 0.25) is 5.88 Å². The first-order valence-corrected chi connectivity index (χ1v) is 8.47. The monoisotopic (exact) mass is 425 g/mol. The van der Waals surface area contributed by atoms with E-state index in [1.54, 1.807) is 6.20 Å². The summed E-state index contributed by atoms with van der Waals surface area (Å²) in [4.78, 5) is 4.43. The van der Waals surface area contributed by atoms with E-state index < -0.39 is 0 Å². The number of nitrogens with two attached hydrogens (primary N) is 1. The molecule has 24 heavy (non-hydrogen) atoms. The van der Waals surface area contributed by atoms with E-state index in [9.17, 15) is 5.26 Å². The topological polar surface area (TPSA) is 71.9 Å². The summed E-state index contributed by atoms with van der Waals surface area (Å²) in [5.74, 6) is 0.530. The minimum absolute atomic E-state index is 0.145. The zero-order valence-electron chi connectivity index (χ0n) is 12.5. The Balaban J connectivity index is 2.00. The fraction of sp³-hybridized carbons (Fsp3) is 0.0526. The molecule has 1 aromatic heterocycles. The van der Waals surface area contributed by atoms with Gasteiger partial charge in [0.05, 0.1) is 5.92 Å². The van der Waals surface area contributed by atoms with E-state index in [-0.39, 0.29) is 11.8 Å². The molecule has 3 aromatic rings. The number of benzene rings is 2. The maximum Gasteiger partial charge on any atom is 0.205 e. The Morgan fingerprint density at radius 1 is 1.12 bits per heavy atom. The quantitative estimate of drug-likeness (QED) is 0.597. The van der Waals surface area contributed by atoms with Gasteiger partial charge in [-0.2, -0.15) is 5.26 Å². The number of allylic oxidation sites excluding steroid dienone is 1. The lowest BCUT2D eigenvalue weighted by atomic mass is 9.83. The van der Waals surface area contributed by atoms with Gasteiger partial charge in [0.25, 0.3) is 0 Å². The van der Waals surface area contributed by atoms with Gasteiger partial charge < -0.3 is 10.5 Å². The fourth-order valence-electron chi connectivity index (χ4n) is 3.05. The van der Waals surface area contributed by atoms with Crippen LogP contribution in [0, 0.1) is 14.9 Å². The lowest BCUT2D eigenvalue weighted by Gasteiger charge is -2.27. The van der Waals surface area contributed by atoms with Crippen LogP contribution in [0.3, 0.4) is 0 Å². The van der Waals surface area contributed by atoms with Crippen LogP contribution < -0.4 is 10.5 Å². The second-order valence-corrected chi connectivity index (χ2v) is 6.78. The first-order valence-electron chi connectivity index (χ1n) is 7.39. The second kappa shape index (κ2) is 5.80. The van der Waals surface area contributed by atoms with Crippen molar-refractivity contribution in [2.24, 2.45) is 5.73 Å². The van der Waals surface area contributed by atoms with Gasteiger partial charge >= 0.3 is 0 Å². The van der Waals surface area contributed by atoms with E-state index in [1.807, 2.05) is 48.5 Å². The van der Waals surface area contributed by atoms with Crippen molar-refractivity contribution in [2.45, 2.75) is 5.92 Å². The fourth-order valence-corrected chi connectivity index (χ4v) is 3.41. The number of ether oxygens (including phenoxy) is 1. The highest BCUT2D eigenvalue weighted by Crippen LogP contribution is 2.44. The van der Waals surface area contributed by atoms with Gasteiger partial charge in [0.1, 0.15) is 17.2 Å². The molecule has 1 aliphatic rings. The Bertz CT molecular complexity index is 1020. The van der Waals surface area contributed by atoms with Gasteiger partial charge in [-0.25, -0.2) is 0 Å². The molecule has 0 amide bonds. The molecule has 0 aliphatic carbocycles. The number of rotatable bonds is 1. The molecule has 1 atom stereocenters. The standard InChI is InChI=1S/C19H12IN3O/c20-13-6-3-11(4-7-13)16-14-8-5-12-2-1-9-23-17(12)18(14)24-19(22)15(16)10-21/h1-9,16H,22H2/t16-/m0/s1. The van der Waals surface area contributed by atoms with E-state index in [0.29, 0.717) is 11.3 Å². The molecule has 0 bridgehead atoms. The summed E-state index contributed by atoms with van der Waals surface area (Å²) >= 11 is 2.26. The van der Waals surface area contributed by atoms with Crippen LogP contribution in [0.1, 0.15) is 17.0 Å². The van der Waals surface area contributed by atoms with Crippen molar-refractivity contribution >= 4 is 33.5 Å². The number of nitrogens with zero attached hydrogens (tertiary/aromatic N) is 2. The minimum atomic E-state index is -0.248. The molecule has 5 heteroatoms. The number of fused-ring (bicyclic) bond motifs is 3. The van der Waals surface area contributed by atoms with Gasteiger partial charge in [0.15, 0.2) is 5.75 Å². The molecule has 0 saturated carbocycles. The Hall–Kier alpha value is -2.59. The van der Waals surface area contributed by atoms with Crippen LogP contribution in [0.4, 0.5) is 0 Å². The predicted molar refractivity (Wildman–Crippen MR) is 100 cm³/mol. The Labute approximate surface area is 152 Å². The van der Waals surface area contributed by atoms with Crippen molar-refractivity contribution in [3.63, 3.8) is 0 Å². The molecule has 0 radical (unpaired) electrons. The van der Waals surface area contributed by atoms with Gasteiger partial charge in [-0.05, 0) is 46.4 Å². The summed E-state index contributed by atoms with van der Waals surface area (Å²) < 4.78 is 6.93. The zero-order chi connectivity index (χ0) is 16.7. The van der Waals surface area contributed by atoms with Crippen LogP contribution in [0.25, 0.3) is 10.9 Å². The molecule has 0 fully saturated rings. The molecular formula is C19H12IN3O. The molecular weight excluding hydrogens is 413 g/mol. The Morgan fingerprint density at radius 3 is 2.67 bits per heavy atom. The summed E-state index contributed by atoms with van der Waals surface area (Å²) in [6.07, 6.45) is 1.73. The second-order valence-electron chi connectivity index (χ2n) is 5.54. The maximum absolute atomic E-state index is 9.60. The molecule has 2 N–H and O–H groups in total. The smallest absolute Gasteiger partial charge is 0.205 e. The number of aromatic nitrogens is 1. The van der Waals surface area contributed by atoms with Crippen LogP contribution in [0.15, 0.2) is 66.2 Å². The molecule has 2 aromatic carbocycles. The molecule has 0 saturated heterocycles. The summed E-state index contributed by atoms with van der Waals surface area (Å²) in [5, 5.41) is 10.6. The van der Waals surface area contributed by atoms with E-state index in [0.717, 1.165) is 25.6 Å². The minimum Gasteiger partial charge on any atom is -0.438 e. The molecule has 2 heterocycles. The van der Waals surface area contributed by atoms with Gasteiger partial charge in [-0.3, -0.25) is 4.98 Å². The SMILES string of the molecule is N#CC1=C(N)Oc2c(ccc3cccnc23)[C@@H]1c1ccc(I)cc1. The van der Waals surface area contributed by atoms with E-state index in [4.69, 9.17) is 10.5 Å². The summed E-state index contributed by atoms with van der Waals surface area (Å²) in [5.41, 5.74) is 9.16. The third-order valence-corrected chi connectivity index (χ3v) is 4.88. The Kier molecular flexibility index (Phi) is 3.62. The van der Waals surface area contributed by atoms with Crippen LogP contribution in [-0.4, -0.2) is 4.98 Å². The summed E-state index contributed by atoms with van der Waals surface area (Å²) in [7, 11) is 0. The van der Waals surface area contributed by atoms with E-state index in [2.05, 4.69) is 33.6 Å². The molecule has 1 aliphatic heterocycles. The normalized spacial score (nSPS) is 16.4. The molecule has 0 spiro atoms. The lowest BCUT2D eigenvalue weighted by Crippen LogP contribution is -2.21. The summed E-state index contributed by atoms with van der Waals surface area (Å²) in [6, 6.07) is 18.2. The summed E-state index contributed by atoms with van der Waals surface area (Å²) in [6.45, 7) is 0. The highest BCUT2D eigenvalue weighted by Gasteiger charge is 2.31. The average Bonchev–Trinajstić information content (AvgIpc) is 2.61. The maximum atomic E-state index is 9.60.